The Bertz CT molecular complexity index is 750. The topological polar surface area (TPSA) is 48.1 Å². The number of amides is 1. The number of benzene rings is 1. The first-order valence-electron chi connectivity index (χ1n) is 8.77. The van der Waals surface area contributed by atoms with Gasteiger partial charge in [-0.05, 0) is 75.2 Å². The van der Waals surface area contributed by atoms with Crippen LogP contribution in [0, 0.1) is 5.92 Å². The largest absolute Gasteiger partial charge is 0.347 e. The molecule has 4 nitrogen and oxygen atoms in total. The number of halogens is 1. The molecule has 5 rings (SSSR count). The predicted octanol–water partition coefficient (Wildman–Crippen LogP) is 4.03. The van der Waals surface area contributed by atoms with Gasteiger partial charge in [0.15, 0.2) is 0 Å². The summed E-state index contributed by atoms with van der Waals surface area (Å²) in [4.78, 5) is 19.3. The number of carbonyl (C=O) groups excluding carboxylic acids is 1. The highest BCUT2D eigenvalue weighted by Gasteiger charge is 2.40. The maximum atomic E-state index is 12.6. The second kappa shape index (κ2) is 7.06. The first-order valence-corrected chi connectivity index (χ1v) is 9.97. The second-order valence-corrected chi connectivity index (χ2v) is 8.43. The molecule has 1 aromatic carbocycles. The van der Waals surface area contributed by atoms with Crippen LogP contribution in [0.2, 0.25) is 5.15 Å². The predicted molar refractivity (Wildman–Crippen MR) is 101 cm³/mol. The Balaban J connectivity index is 1.40. The zero-order valence-electron chi connectivity index (χ0n) is 14.2. The summed E-state index contributed by atoms with van der Waals surface area (Å²) in [6.45, 7) is 4.58. The Hall–Kier alpha value is -1.43. The van der Waals surface area contributed by atoms with Crippen LogP contribution in [0.4, 0.5) is 0 Å². The monoisotopic (exact) mass is 375 g/mol. The minimum absolute atomic E-state index is 0.0325. The molecule has 2 atom stereocenters. The fourth-order valence-electron chi connectivity index (χ4n) is 3.99. The molecule has 0 spiro atoms. The lowest BCUT2D eigenvalue weighted by atomic mass is 9.79. The molecule has 2 bridgehead atoms. The van der Waals surface area contributed by atoms with Crippen LogP contribution in [0.5, 0.6) is 0 Å². The van der Waals surface area contributed by atoms with Gasteiger partial charge in [-0.3, -0.25) is 9.69 Å². The molecule has 3 fully saturated rings. The molecular formula is C19H22ClN3OS. The number of hydrogen-bond acceptors (Lipinski definition) is 3. The SMILES string of the molecule is CC1C(NC(=O)c2ccc(Sc3ccc(Cl)[nH]3)cc2)C2CCN1CC2. The van der Waals surface area contributed by atoms with E-state index in [1.807, 2.05) is 36.4 Å². The molecule has 1 amide bonds. The van der Waals surface area contributed by atoms with Crippen LogP contribution < -0.4 is 5.32 Å². The zero-order valence-corrected chi connectivity index (χ0v) is 15.7. The average Bonchev–Trinajstić information content (AvgIpc) is 3.04. The first kappa shape index (κ1) is 17.0. The van der Waals surface area contributed by atoms with E-state index >= 15 is 0 Å². The Morgan fingerprint density at radius 1 is 1.20 bits per heavy atom. The van der Waals surface area contributed by atoms with Gasteiger partial charge in [0.05, 0.1) is 5.03 Å². The molecule has 0 aliphatic carbocycles. The first-order chi connectivity index (χ1) is 12.1. The number of fused-ring (bicyclic) bond motifs is 3. The van der Waals surface area contributed by atoms with Gasteiger partial charge in [0, 0.05) is 22.5 Å². The van der Waals surface area contributed by atoms with Crippen molar-refractivity contribution < 1.29 is 4.79 Å². The van der Waals surface area contributed by atoms with Crippen molar-refractivity contribution in [2.24, 2.45) is 5.92 Å². The molecule has 4 heterocycles. The lowest BCUT2D eigenvalue weighted by Gasteiger charge is -2.49. The van der Waals surface area contributed by atoms with Crippen molar-refractivity contribution in [1.82, 2.24) is 15.2 Å². The van der Waals surface area contributed by atoms with E-state index in [0.717, 1.165) is 15.5 Å². The molecule has 3 saturated heterocycles. The summed E-state index contributed by atoms with van der Waals surface area (Å²) in [6, 6.07) is 12.2. The second-order valence-electron chi connectivity index (χ2n) is 6.91. The molecule has 2 unspecified atom stereocenters. The third-order valence-electron chi connectivity index (χ3n) is 5.44. The molecule has 1 aromatic heterocycles. The highest BCUT2D eigenvalue weighted by Crippen LogP contribution is 2.32. The Morgan fingerprint density at radius 2 is 1.92 bits per heavy atom. The summed E-state index contributed by atoms with van der Waals surface area (Å²) in [5.41, 5.74) is 0.720. The van der Waals surface area contributed by atoms with E-state index in [4.69, 9.17) is 11.6 Å². The molecule has 3 aliphatic heterocycles. The number of nitrogens with one attached hydrogen (secondary N) is 2. The normalized spacial score (nSPS) is 28.1. The lowest BCUT2D eigenvalue weighted by molar-refractivity contribution is 0.0217. The maximum Gasteiger partial charge on any atom is 0.251 e. The summed E-state index contributed by atoms with van der Waals surface area (Å²) >= 11 is 7.50. The van der Waals surface area contributed by atoms with Gasteiger partial charge in [0.2, 0.25) is 0 Å². The van der Waals surface area contributed by atoms with E-state index in [1.54, 1.807) is 11.8 Å². The number of piperidine rings is 3. The lowest BCUT2D eigenvalue weighted by Crippen LogP contribution is -2.62. The third-order valence-corrected chi connectivity index (χ3v) is 6.63. The fraction of sp³-hybridized carbons (Fsp3) is 0.421. The highest BCUT2D eigenvalue weighted by molar-refractivity contribution is 7.99. The highest BCUT2D eigenvalue weighted by atomic mass is 35.5. The number of rotatable bonds is 4. The standard InChI is InChI=1S/C19H22ClN3OS/c1-12-18(13-8-10-23(12)11-9-13)22-19(24)14-2-4-15(5-3-14)25-17-7-6-16(20)21-17/h2-7,12-13,18,21H,8-11H2,1H3,(H,22,24). The van der Waals surface area contributed by atoms with E-state index in [-0.39, 0.29) is 11.9 Å². The van der Waals surface area contributed by atoms with Gasteiger partial charge >= 0.3 is 0 Å². The van der Waals surface area contributed by atoms with Crippen LogP contribution in [0.15, 0.2) is 46.3 Å². The third kappa shape index (κ3) is 3.59. The van der Waals surface area contributed by atoms with Crippen molar-refractivity contribution in [2.75, 3.05) is 13.1 Å². The van der Waals surface area contributed by atoms with Crippen LogP contribution in [0.1, 0.15) is 30.1 Å². The molecular weight excluding hydrogens is 354 g/mol. The van der Waals surface area contributed by atoms with Gasteiger partial charge in [-0.15, -0.1) is 0 Å². The van der Waals surface area contributed by atoms with Gasteiger partial charge in [0.25, 0.3) is 5.91 Å². The zero-order chi connectivity index (χ0) is 17.4. The minimum Gasteiger partial charge on any atom is -0.347 e. The number of nitrogens with zero attached hydrogens (tertiary/aromatic N) is 1. The Labute approximate surface area is 157 Å². The van der Waals surface area contributed by atoms with Crippen LogP contribution in [-0.4, -0.2) is 41.0 Å². The number of hydrogen-bond donors (Lipinski definition) is 2. The molecule has 2 N–H and O–H groups in total. The number of aromatic amines is 1. The number of H-pyrrole nitrogens is 1. The van der Waals surface area contributed by atoms with Gasteiger partial charge in [-0.2, -0.15) is 0 Å². The molecule has 3 aliphatic rings. The molecule has 6 heteroatoms. The molecule has 0 radical (unpaired) electrons. The Kier molecular flexibility index (Phi) is 4.80. The molecule has 132 valence electrons. The molecule has 2 aromatic rings. The molecule has 25 heavy (non-hydrogen) atoms. The summed E-state index contributed by atoms with van der Waals surface area (Å²) in [5.74, 6) is 0.654. The number of carbonyl (C=O) groups is 1. The summed E-state index contributed by atoms with van der Waals surface area (Å²) in [7, 11) is 0. The van der Waals surface area contributed by atoms with Crippen molar-refractivity contribution in [3.05, 3.63) is 47.1 Å². The van der Waals surface area contributed by atoms with Crippen LogP contribution >= 0.6 is 23.4 Å². The van der Waals surface area contributed by atoms with Crippen LogP contribution in [-0.2, 0) is 0 Å². The molecule has 0 saturated carbocycles. The van der Waals surface area contributed by atoms with Gasteiger partial charge in [-0.25, -0.2) is 0 Å². The van der Waals surface area contributed by atoms with E-state index in [0.29, 0.717) is 17.1 Å². The summed E-state index contributed by atoms with van der Waals surface area (Å²) in [6.07, 6.45) is 2.40. The van der Waals surface area contributed by atoms with Crippen molar-refractivity contribution in [3.63, 3.8) is 0 Å². The van der Waals surface area contributed by atoms with Crippen molar-refractivity contribution >= 4 is 29.3 Å². The van der Waals surface area contributed by atoms with E-state index < -0.39 is 0 Å². The van der Waals surface area contributed by atoms with Gasteiger partial charge in [0.1, 0.15) is 5.15 Å². The van der Waals surface area contributed by atoms with Crippen LogP contribution in [0.3, 0.4) is 0 Å². The maximum absolute atomic E-state index is 12.6. The van der Waals surface area contributed by atoms with Crippen LogP contribution in [0.25, 0.3) is 0 Å². The summed E-state index contributed by atoms with van der Waals surface area (Å²) < 4.78 is 0. The van der Waals surface area contributed by atoms with E-state index in [9.17, 15) is 4.79 Å². The van der Waals surface area contributed by atoms with Crippen molar-refractivity contribution in [1.29, 1.82) is 0 Å². The van der Waals surface area contributed by atoms with Crippen molar-refractivity contribution in [3.8, 4) is 0 Å². The van der Waals surface area contributed by atoms with E-state index in [2.05, 4.69) is 22.1 Å². The van der Waals surface area contributed by atoms with Gasteiger partial charge in [-0.1, -0.05) is 23.4 Å². The average molecular weight is 376 g/mol. The number of aromatic nitrogens is 1. The van der Waals surface area contributed by atoms with Gasteiger partial charge < -0.3 is 10.3 Å². The van der Waals surface area contributed by atoms with Crippen molar-refractivity contribution in [2.45, 2.75) is 41.8 Å². The summed E-state index contributed by atoms with van der Waals surface area (Å²) in [5, 5.41) is 4.90. The van der Waals surface area contributed by atoms with E-state index in [1.165, 1.54) is 25.9 Å². The smallest absolute Gasteiger partial charge is 0.251 e. The Morgan fingerprint density at radius 3 is 2.52 bits per heavy atom. The fourth-order valence-corrected chi connectivity index (χ4v) is 5.03. The minimum atomic E-state index is 0.0325. The quantitative estimate of drug-likeness (QED) is 0.848.